The van der Waals surface area contributed by atoms with Crippen molar-refractivity contribution < 1.29 is 19.4 Å². The number of nitrogens with zero attached hydrogens (tertiary/aromatic N) is 2. The second-order valence-electron chi connectivity index (χ2n) is 5.46. The molecular weight excluding hydrogens is 260 g/mol. The number of hydrogen-bond donors (Lipinski definition) is 1. The number of likely N-dealkylation sites (N-methyl/N-ethyl adjacent to an activating group) is 1. The average molecular weight is 286 g/mol. The van der Waals surface area contributed by atoms with Crippen LogP contribution in [-0.4, -0.2) is 66.3 Å². The van der Waals surface area contributed by atoms with E-state index in [4.69, 9.17) is 9.84 Å². The van der Waals surface area contributed by atoms with E-state index < -0.39 is 5.97 Å². The molecule has 0 aromatic rings. The van der Waals surface area contributed by atoms with Gasteiger partial charge in [-0.25, -0.2) is 4.79 Å². The summed E-state index contributed by atoms with van der Waals surface area (Å²) in [7, 11) is 1.72. The Kier molecular flexibility index (Phi) is 6.78. The summed E-state index contributed by atoms with van der Waals surface area (Å²) < 4.78 is 5.51. The summed E-state index contributed by atoms with van der Waals surface area (Å²) in [6.45, 7) is 5.96. The average Bonchev–Trinajstić information content (AvgIpc) is 3.18. The van der Waals surface area contributed by atoms with Gasteiger partial charge in [0.15, 0.2) is 0 Å². The van der Waals surface area contributed by atoms with Gasteiger partial charge in [-0.3, -0.25) is 4.79 Å². The van der Waals surface area contributed by atoms with Crippen LogP contribution in [0.2, 0.25) is 0 Å². The molecule has 0 saturated heterocycles. The standard InChI is InChI=1S/C14H26N2O4/c1-4-16(11(2)9-13(17)18)14(19)15(3)7-8-20-10-12-5-6-12/h11-12H,4-10H2,1-3H3,(H,17,18). The molecule has 0 heterocycles. The van der Waals surface area contributed by atoms with E-state index in [2.05, 4.69) is 0 Å². The summed E-state index contributed by atoms with van der Waals surface area (Å²) in [4.78, 5) is 26.1. The van der Waals surface area contributed by atoms with Crippen molar-refractivity contribution in [1.29, 1.82) is 0 Å². The molecule has 0 aromatic carbocycles. The van der Waals surface area contributed by atoms with Crippen LogP contribution >= 0.6 is 0 Å². The Morgan fingerprint density at radius 2 is 2.05 bits per heavy atom. The first-order valence-electron chi connectivity index (χ1n) is 7.27. The minimum atomic E-state index is -0.890. The highest BCUT2D eigenvalue weighted by molar-refractivity contribution is 5.75. The second kappa shape index (κ2) is 8.09. The third-order valence-electron chi connectivity index (χ3n) is 3.54. The van der Waals surface area contributed by atoms with E-state index in [1.54, 1.807) is 23.8 Å². The topological polar surface area (TPSA) is 70.1 Å². The Morgan fingerprint density at radius 1 is 1.40 bits per heavy atom. The second-order valence-corrected chi connectivity index (χ2v) is 5.46. The van der Waals surface area contributed by atoms with E-state index in [1.807, 2.05) is 6.92 Å². The van der Waals surface area contributed by atoms with Crippen molar-refractivity contribution >= 4 is 12.0 Å². The van der Waals surface area contributed by atoms with Gasteiger partial charge in [0.25, 0.3) is 0 Å². The summed E-state index contributed by atoms with van der Waals surface area (Å²) in [6.07, 6.45) is 2.47. The zero-order chi connectivity index (χ0) is 15.1. The van der Waals surface area contributed by atoms with E-state index in [0.29, 0.717) is 19.7 Å². The van der Waals surface area contributed by atoms with E-state index in [-0.39, 0.29) is 18.5 Å². The lowest BCUT2D eigenvalue weighted by Crippen LogP contribution is -2.47. The van der Waals surface area contributed by atoms with Gasteiger partial charge < -0.3 is 19.6 Å². The molecular formula is C14H26N2O4. The lowest BCUT2D eigenvalue weighted by Gasteiger charge is -2.31. The highest BCUT2D eigenvalue weighted by Gasteiger charge is 2.24. The third-order valence-corrected chi connectivity index (χ3v) is 3.54. The number of carboxylic acids is 1. The number of rotatable bonds is 9. The Labute approximate surface area is 120 Å². The molecule has 1 saturated carbocycles. The van der Waals surface area contributed by atoms with E-state index in [1.165, 1.54) is 12.8 Å². The first-order valence-corrected chi connectivity index (χ1v) is 7.27. The monoisotopic (exact) mass is 286 g/mol. The zero-order valence-electron chi connectivity index (χ0n) is 12.7. The van der Waals surface area contributed by atoms with Crippen LogP contribution in [0.5, 0.6) is 0 Å². The van der Waals surface area contributed by atoms with Gasteiger partial charge in [0.1, 0.15) is 0 Å². The first kappa shape index (κ1) is 16.8. The van der Waals surface area contributed by atoms with Crippen molar-refractivity contribution in [2.45, 2.75) is 39.2 Å². The summed E-state index contributed by atoms with van der Waals surface area (Å²) in [5, 5.41) is 8.81. The van der Waals surface area contributed by atoms with Crippen molar-refractivity contribution in [1.82, 2.24) is 9.80 Å². The van der Waals surface area contributed by atoms with E-state index in [0.717, 1.165) is 12.5 Å². The number of urea groups is 1. The van der Waals surface area contributed by atoms with Crippen molar-refractivity contribution in [2.24, 2.45) is 5.92 Å². The normalized spacial score (nSPS) is 15.8. The third kappa shape index (κ3) is 5.77. The molecule has 1 aliphatic carbocycles. The molecule has 6 nitrogen and oxygen atoms in total. The smallest absolute Gasteiger partial charge is 0.320 e. The molecule has 0 bridgehead atoms. The van der Waals surface area contributed by atoms with Crippen LogP contribution in [0.1, 0.15) is 33.1 Å². The van der Waals surface area contributed by atoms with Crippen LogP contribution in [0.15, 0.2) is 0 Å². The van der Waals surface area contributed by atoms with Gasteiger partial charge in [-0.2, -0.15) is 0 Å². The molecule has 2 amide bonds. The van der Waals surface area contributed by atoms with Crippen LogP contribution in [0, 0.1) is 5.92 Å². The van der Waals surface area contributed by atoms with Crippen LogP contribution in [0.4, 0.5) is 4.79 Å². The highest BCUT2D eigenvalue weighted by atomic mass is 16.5. The molecule has 0 spiro atoms. The number of ether oxygens (including phenoxy) is 1. The lowest BCUT2D eigenvalue weighted by atomic mass is 10.2. The van der Waals surface area contributed by atoms with Gasteiger partial charge in [-0.15, -0.1) is 0 Å². The molecule has 0 radical (unpaired) electrons. The number of hydrogen-bond acceptors (Lipinski definition) is 3. The highest BCUT2D eigenvalue weighted by Crippen LogP contribution is 2.28. The number of aliphatic carboxylic acids is 1. The number of carbonyl (C=O) groups is 2. The number of amides is 2. The summed E-state index contributed by atoms with van der Waals surface area (Å²) in [6, 6.07) is -0.448. The van der Waals surface area contributed by atoms with Crippen molar-refractivity contribution in [3.05, 3.63) is 0 Å². The van der Waals surface area contributed by atoms with Gasteiger partial charge in [0.2, 0.25) is 0 Å². The predicted octanol–water partition coefficient (Wildman–Crippen LogP) is 1.65. The van der Waals surface area contributed by atoms with Crippen LogP contribution < -0.4 is 0 Å². The Hall–Kier alpha value is -1.30. The van der Waals surface area contributed by atoms with Crippen LogP contribution in [0.3, 0.4) is 0 Å². The fourth-order valence-electron chi connectivity index (χ4n) is 2.05. The SMILES string of the molecule is CCN(C(=O)N(C)CCOCC1CC1)C(C)CC(=O)O. The largest absolute Gasteiger partial charge is 0.481 e. The van der Waals surface area contributed by atoms with Crippen LogP contribution in [0.25, 0.3) is 0 Å². The van der Waals surface area contributed by atoms with Crippen LogP contribution in [-0.2, 0) is 9.53 Å². The number of carbonyl (C=O) groups excluding carboxylic acids is 1. The maximum absolute atomic E-state index is 12.2. The fraction of sp³-hybridized carbons (Fsp3) is 0.857. The maximum atomic E-state index is 12.2. The van der Waals surface area contributed by atoms with E-state index in [9.17, 15) is 9.59 Å². The molecule has 1 fully saturated rings. The van der Waals surface area contributed by atoms with E-state index >= 15 is 0 Å². The predicted molar refractivity (Wildman–Crippen MR) is 75.7 cm³/mol. The van der Waals surface area contributed by atoms with Gasteiger partial charge in [-0.1, -0.05) is 0 Å². The Morgan fingerprint density at radius 3 is 2.55 bits per heavy atom. The van der Waals surface area contributed by atoms with Crippen molar-refractivity contribution in [2.75, 3.05) is 33.4 Å². The lowest BCUT2D eigenvalue weighted by molar-refractivity contribution is -0.138. The van der Waals surface area contributed by atoms with Gasteiger partial charge in [-0.05, 0) is 32.6 Å². The molecule has 0 aliphatic heterocycles. The molecule has 20 heavy (non-hydrogen) atoms. The summed E-state index contributed by atoms with van der Waals surface area (Å²) >= 11 is 0. The summed E-state index contributed by atoms with van der Waals surface area (Å²) in [5.74, 6) is -0.169. The molecule has 1 atom stereocenters. The fourth-order valence-corrected chi connectivity index (χ4v) is 2.05. The minimum Gasteiger partial charge on any atom is -0.481 e. The molecule has 1 N–H and O–H groups in total. The molecule has 0 aromatic heterocycles. The maximum Gasteiger partial charge on any atom is 0.320 e. The van der Waals surface area contributed by atoms with Gasteiger partial charge >= 0.3 is 12.0 Å². The zero-order valence-corrected chi connectivity index (χ0v) is 12.7. The first-order chi connectivity index (χ1) is 9.45. The summed E-state index contributed by atoms with van der Waals surface area (Å²) in [5.41, 5.74) is 0. The van der Waals surface area contributed by atoms with Crippen molar-refractivity contribution in [3.63, 3.8) is 0 Å². The minimum absolute atomic E-state index is 0.0361. The van der Waals surface area contributed by atoms with Gasteiger partial charge in [0, 0.05) is 32.8 Å². The molecule has 1 unspecified atom stereocenters. The number of carboxylic acid groups (broad SMARTS) is 1. The molecule has 1 rings (SSSR count). The molecule has 6 heteroatoms. The van der Waals surface area contributed by atoms with Crippen molar-refractivity contribution in [3.8, 4) is 0 Å². The van der Waals surface area contributed by atoms with Gasteiger partial charge in [0.05, 0.1) is 13.0 Å². The molecule has 1 aliphatic rings. The Balaban J connectivity index is 2.32. The Bertz CT molecular complexity index is 331. The quantitative estimate of drug-likeness (QED) is 0.654. The molecule has 116 valence electrons.